The molecular weight excluding hydrogens is 196 g/mol. The molecule has 1 aromatic rings. The molecule has 74 valence electrons. The number of hydrogen-bond donors (Lipinski definition) is 0. The third-order valence-corrected chi connectivity index (χ3v) is 1.61. The first-order chi connectivity index (χ1) is 6.43. The first kappa shape index (κ1) is 10.2. The van der Waals surface area contributed by atoms with Gasteiger partial charge in [-0.15, -0.1) is 0 Å². The number of hydrogen-bond acceptors (Lipinski definition) is 3. The topological polar surface area (TPSA) is 60.2 Å². The molecule has 14 heavy (non-hydrogen) atoms. The molecule has 1 aromatic carbocycles. The summed E-state index contributed by atoms with van der Waals surface area (Å²) in [6, 6.07) is 1.28. The van der Waals surface area contributed by atoms with Gasteiger partial charge in [0.05, 0.1) is 4.92 Å². The maximum Gasteiger partial charge on any atom is 0.340 e. The van der Waals surface area contributed by atoms with E-state index in [-0.39, 0.29) is 5.56 Å². The molecule has 0 unspecified atom stereocenters. The molecule has 0 amide bonds. The standard InChI is InChI=1S/C8H5F2NO3/c1-4(12)5-2-6(9)8(11(13)14)7(10)3-5/h2-3H,1H3. The minimum absolute atomic E-state index is 0.231. The lowest BCUT2D eigenvalue weighted by atomic mass is 10.1. The highest BCUT2D eigenvalue weighted by molar-refractivity contribution is 5.94. The molecule has 0 N–H and O–H groups in total. The summed E-state index contributed by atoms with van der Waals surface area (Å²) in [4.78, 5) is 19.7. The molecule has 0 aromatic heterocycles. The molecule has 0 radical (unpaired) electrons. The lowest BCUT2D eigenvalue weighted by Gasteiger charge is -1.98. The Labute approximate surface area is 77.3 Å². The first-order valence-corrected chi connectivity index (χ1v) is 3.58. The van der Waals surface area contributed by atoms with Gasteiger partial charge in [-0.25, -0.2) is 0 Å². The fourth-order valence-corrected chi connectivity index (χ4v) is 0.943. The van der Waals surface area contributed by atoms with E-state index in [1.54, 1.807) is 0 Å². The lowest BCUT2D eigenvalue weighted by Crippen LogP contribution is -2.01. The fraction of sp³-hybridized carbons (Fsp3) is 0.125. The van der Waals surface area contributed by atoms with Crippen molar-refractivity contribution < 1.29 is 18.5 Å². The van der Waals surface area contributed by atoms with Crippen LogP contribution in [0.5, 0.6) is 0 Å². The van der Waals surface area contributed by atoms with E-state index in [2.05, 4.69) is 0 Å². The molecule has 0 bridgehead atoms. The van der Waals surface area contributed by atoms with Crippen molar-refractivity contribution in [3.63, 3.8) is 0 Å². The van der Waals surface area contributed by atoms with Gasteiger partial charge < -0.3 is 0 Å². The SMILES string of the molecule is CC(=O)c1cc(F)c([N+](=O)[O-])c(F)c1. The largest absolute Gasteiger partial charge is 0.340 e. The van der Waals surface area contributed by atoms with Crippen LogP contribution in [0.2, 0.25) is 0 Å². The summed E-state index contributed by atoms with van der Waals surface area (Å²) in [6.07, 6.45) is 0. The molecule has 0 aliphatic rings. The molecular formula is C8H5F2NO3. The van der Waals surface area contributed by atoms with Gasteiger partial charge in [0.2, 0.25) is 11.6 Å². The Bertz CT molecular complexity index is 394. The van der Waals surface area contributed by atoms with Gasteiger partial charge in [0.1, 0.15) is 0 Å². The zero-order valence-electron chi connectivity index (χ0n) is 7.08. The quantitative estimate of drug-likeness (QED) is 0.418. The number of rotatable bonds is 2. The van der Waals surface area contributed by atoms with Crippen molar-refractivity contribution in [3.05, 3.63) is 39.4 Å². The van der Waals surface area contributed by atoms with E-state index in [4.69, 9.17) is 0 Å². The number of Topliss-reactive ketones (excluding diaryl/α,β-unsaturated/α-hetero) is 1. The maximum absolute atomic E-state index is 12.9. The molecule has 0 atom stereocenters. The van der Waals surface area contributed by atoms with E-state index in [1.807, 2.05) is 0 Å². The summed E-state index contributed by atoms with van der Waals surface area (Å²) in [7, 11) is 0. The van der Waals surface area contributed by atoms with Gasteiger partial charge in [-0.05, 0) is 19.1 Å². The normalized spacial score (nSPS) is 9.93. The molecule has 0 spiro atoms. The summed E-state index contributed by atoms with van der Waals surface area (Å²) in [6.45, 7) is 1.11. The average molecular weight is 201 g/mol. The molecule has 0 fully saturated rings. The minimum Gasteiger partial charge on any atom is -0.295 e. The van der Waals surface area contributed by atoms with Crippen LogP contribution in [0, 0.1) is 21.7 Å². The summed E-state index contributed by atoms with van der Waals surface area (Å²) < 4.78 is 25.8. The Kier molecular flexibility index (Phi) is 2.55. The van der Waals surface area contributed by atoms with Crippen molar-refractivity contribution in [1.29, 1.82) is 0 Å². The molecule has 0 saturated heterocycles. The van der Waals surface area contributed by atoms with E-state index in [9.17, 15) is 23.7 Å². The second kappa shape index (κ2) is 3.49. The van der Waals surface area contributed by atoms with E-state index in [0.29, 0.717) is 12.1 Å². The zero-order chi connectivity index (χ0) is 10.9. The Morgan fingerprint density at radius 2 is 1.79 bits per heavy atom. The number of halogens is 2. The van der Waals surface area contributed by atoms with Crippen LogP contribution in [-0.4, -0.2) is 10.7 Å². The second-order valence-corrected chi connectivity index (χ2v) is 2.60. The maximum atomic E-state index is 12.9. The van der Waals surface area contributed by atoms with Crippen LogP contribution in [-0.2, 0) is 0 Å². The summed E-state index contributed by atoms with van der Waals surface area (Å²) in [5.41, 5.74) is -1.47. The smallest absolute Gasteiger partial charge is 0.295 e. The highest BCUT2D eigenvalue weighted by atomic mass is 19.1. The lowest BCUT2D eigenvalue weighted by molar-refractivity contribution is -0.390. The van der Waals surface area contributed by atoms with Crippen LogP contribution in [0.15, 0.2) is 12.1 Å². The first-order valence-electron chi connectivity index (χ1n) is 3.58. The number of nitrogens with zero attached hydrogens (tertiary/aromatic N) is 1. The molecule has 6 heteroatoms. The number of ketones is 1. The van der Waals surface area contributed by atoms with Crippen LogP contribution >= 0.6 is 0 Å². The van der Waals surface area contributed by atoms with Crippen LogP contribution in [0.25, 0.3) is 0 Å². The second-order valence-electron chi connectivity index (χ2n) is 2.60. The highest BCUT2D eigenvalue weighted by Gasteiger charge is 2.22. The van der Waals surface area contributed by atoms with Crippen LogP contribution in [0.1, 0.15) is 17.3 Å². The Balaban J connectivity index is 3.39. The summed E-state index contributed by atoms with van der Waals surface area (Å²) >= 11 is 0. The molecule has 4 nitrogen and oxygen atoms in total. The summed E-state index contributed by atoms with van der Waals surface area (Å²) in [5.74, 6) is -3.25. The monoisotopic (exact) mass is 201 g/mol. The Hall–Kier alpha value is -1.85. The fourth-order valence-electron chi connectivity index (χ4n) is 0.943. The van der Waals surface area contributed by atoms with Gasteiger partial charge in [0.15, 0.2) is 5.78 Å². The van der Waals surface area contributed by atoms with Gasteiger partial charge in [0.25, 0.3) is 0 Å². The third kappa shape index (κ3) is 1.73. The summed E-state index contributed by atoms with van der Waals surface area (Å²) in [5, 5.41) is 10.2. The number of carbonyl (C=O) groups excluding carboxylic acids is 1. The van der Waals surface area contributed by atoms with Gasteiger partial charge in [0, 0.05) is 5.56 Å². The molecule has 1 rings (SSSR count). The zero-order valence-corrected chi connectivity index (χ0v) is 7.08. The van der Waals surface area contributed by atoms with Crippen molar-refractivity contribution in [2.75, 3.05) is 0 Å². The van der Waals surface area contributed by atoms with Crippen molar-refractivity contribution in [2.24, 2.45) is 0 Å². The third-order valence-electron chi connectivity index (χ3n) is 1.61. The van der Waals surface area contributed by atoms with Crippen LogP contribution in [0.4, 0.5) is 14.5 Å². The van der Waals surface area contributed by atoms with E-state index in [1.165, 1.54) is 0 Å². The number of nitro groups is 1. The molecule has 0 heterocycles. The predicted molar refractivity (Wildman–Crippen MR) is 43.0 cm³/mol. The van der Waals surface area contributed by atoms with Crippen molar-refractivity contribution in [2.45, 2.75) is 6.92 Å². The van der Waals surface area contributed by atoms with Gasteiger partial charge in [-0.2, -0.15) is 8.78 Å². The van der Waals surface area contributed by atoms with E-state index in [0.717, 1.165) is 6.92 Å². The number of benzene rings is 1. The van der Waals surface area contributed by atoms with E-state index >= 15 is 0 Å². The number of carbonyl (C=O) groups is 1. The van der Waals surface area contributed by atoms with Crippen LogP contribution < -0.4 is 0 Å². The highest BCUT2D eigenvalue weighted by Crippen LogP contribution is 2.22. The molecule has 0 saturated carbocycles. The van der Waals surface area contributed by atoms with Gasteiger partial charge in [-0.3, -0.25) is 14.9 Å². The van der Waals surface area contributed by atoms with Crippen molar-refractivity contribution >= 4 is 11.5 Å². The van der Waals surface area contributed by atoms with Gasteiger partial charge in [-0.1, -0.05) is 0 Å². The van der Waals surface area contributed by atoms with Crippen LogP contribution in [0.3, 0.4) is 0 Å². The predicted octanol–water partition coefficient (Wildman–Crippen LogP) is 2.08. The number of nitro benzene ring substituents is 1. The Morgan fingerprint density at radius 1 is 1.36 bits per heavy atom. The van der Waals surface area contributed by atoms with Crippen molar-refractivity contribution in [3.8, 4) is 0 Å². The molecule has 0 aliphatic carbocycles. The average Bonchev–Trinajstić information content (AvgIpc) is 2.01. The molecule has 0 aliphatic heterocycles. The Morgan fingerprint density at radius 3 is 2.07 bits per heavy atom. The van der Waals surface area contributed by atoms with Gasteiger partial charge >= 0.3 is 5.69 Å². The van der Waals surface area contributed by atoms with Crippen molar-refractivity contribution in [1.82, 2.24) is 0 Å². The van der Waals surface area contributed by atoms with E-state index < -0.39 is 28.0 Å². The minimum atomic E-state index is -1.35.